The van der Waals surface area contributed by atoms with Crippen molar-refractivity contribution in [3.05, 3.63) is 35.4 Å². The maximum absolute atomic E-state index is 12.2. The van der Waals surface area contributed by atoms with E-state index in [9.17, 15) is 4.79 Å². The molecule has 3 nitrogen and oxygen atoms in total. The zero-order valence-electron chi connectivity index (χ0n) is 12.1. The number of carbonyl (C=O) groups is 1. The van der Waals surface area contributed by atoms with Crippen molar-refractivity contribution in [3.8, 4) is 0 Å². The smallest absolute Gasteiger partial charge is 0.314 e. The Morgan fingerprint density at radius 2 is 2.00 bits per heavy atom. The van der Waals surface area contributed by atoms with Crippen LogP contribution in [-0.4, -0.2) is 37.6 Å². The van der Waals surface area contributed by atoms with Gasteiger partial charge in [0.1, 0.15) is 0 Å². The fraction of sp³-hybridized carbons (Fsp3) is 0.562. The quantitative estimate of drug-likeness (QED) is 0.784. The van der Waals surface area contributed by atoms with Gasteiger partial charge in [0.2, 0.25) is 0 Å². The van der Waals surface area contributed by atoms with Gasteiger partial charge in [-0.05, 0) is 38.9 Å². The number of hydrogen-bond donors (Lipinski definition) is 0. The number of hydrogen-bond acceptors (Lipinski definition) is 3. The number of esters is 1. The molecule has 0 saturated carbocycles. The van der Waals surface area contributed by atoms with Crippen molar-refractivity contribution in [2.45, 2.75) is 38.1 Å². The number of aryl methyl sites for hydroxylation is 1. The summed E-state index contributed by atoms with van der Waals surface area (Å²) in [5, 5.41) is 0. The highest BCUT2D eigenvalue weighted by molar-refractivity contribution is 5.79. The second-order valence-electron chi connectivity index (χ2n) is 5.46. The molecule has 3 heteroatoms. The molecule has 2 rings (SSSR count). The lowest BCUT2D eigenvalue weighted by molar-refractivity contribution is -0.144. The van der Waals surface area contributed by atoms with Gasteiger partial charge >= 0.3 is 5.97 Å². The van der Waals surface area contributed by atoms with E-state index in [2.05, 4.69) is 43.1 Å². The van der Waals surface area contributed by atoms with Gasteiger partial charge in [-0.2, -0.15) is 0 Å². The van der Waals surface area contributed by atoms with E-state index in [1.807, 2.05) is 0 Å². The second-order valence-corrected chi connectivity index (χ2v) is 5.46. The maximum atomic E-state index is 12.2. The largest absolute Gasteiger partial charge is 0.469 e. The van der Waals surface area contributed by atoms with Gasteiger partial charge in [-0.1, -0.05) is 36.2 Å². The average Bonchev–Trinajstić information content (AvgIpc) is 2.43. The summed E-state index contributed by atoms with van der Waals surface area (Å²) in [6, 6.07) is 8.49. The minimum absolute atomic E-state index is 0.123. The summed E-state index contributed by atoms with van der Waals surface area (Å²) >= 11 is 0. The van der Waals surface area contributed by atoms with Crippen LogP contribution in [0.25, 0.3) is 0 Å². The van der Waals surface area contributed by atoms with Crippen molar-refractivity contribution >= 4 is 5.97 Å². The zero-order valence-corrected chi connectivity index (χ0v) is 12.1. The van der Waals surface area contributed by atoms with Gasteiger partial charge in [0.15, 0.2) is 0 Å². The molecule has 0 bridgehead atoms. The van der Waals surface area contributed by atoms with Gasteiger partial charge in [-0.3, -0.25) is 4.79 Å². The summed E-state index contributed by atoms with van der Waals surface area (Å²) in [7, 11) is 3.58. The third-order valence-corrected chi connectivity index (χ3v) is 4.10. The van der Waals surface area contributed by atoms with E-state index < -0.39 is 0 Å². The van der Waals surface area contributed by atoms with Crippen LogP contribution in [0.15, 0.2) is 24.3 Å². The van der Waals surface area contributed by atoms with E-state index >= 15 is 0 Å². The molecule has 1 aromatic rings. The van der Waals surface area contributed by atoms with Gasteiger partial charge < -0.3 is 9.64 Å². The van der Waals surface area contributed by atoms with Crippen LogP contribution < -0.4 is 0 Å². The van der Waals surface area contributed by atoms with Gasteiger partial charge in [-0.25, -0.2) is 0 Å². The molecule has 0 aromatic heterocycles. The summed E-state index contributed by atoms with van der Waals surface area (Å²) in [6.07, 6.45) is 3.47. The third kappa shape index (κ3) is 3.16. The molecule has 1 aliphatic heterocycles. The Labute approximate surface area is 115 Å². The number of rotatable bonds is 3. The molecule has 2 atom stereocenters. The Bertz CT molecular complexity index is 427. The van der Waals surface area contributed by atoms with E-state index in [1.54, 1.807) is 0 Å². The van der Waals surface area contributed by atoms with Crippen LogP contribution in [0.1, 0.15) is 36.3 Å². The monoisotopic (exact) mass is 261 g/mol. The molecule has 19 heavy (non-hydrogen) atoms. The van der Waals surface area contributed by atoms with Gasteiger partial charge in [0.05, 0.1) is 13.0 Å². The molecule has 1 fully saturated rings. The Morgan fingerprint density at radius 3 is 2.58 bits per heavy atom. The molecule has 1 aromatic carbocycles. The fourth-order valence-corrected chi connectivity index (χ4v) is 2.94. The molecule has 0 amide bonds. The molecule has 0 unspecified atom stereocenters. The number of ether oxygens (including phenoxy) is 1. The van der Waals surface area contributed by atoms with E-state index in [0.29, 0.717) is 0 Å². The van der Waals surface area contributed by atoms with E-state index in [4.69, 9.17) is 4.74 Å². The normalized spacial score (nSPS) is 21.9. The van der Waals surface area contributed by atoms with Crippen molar-refractivity contribution in [2.24, 2.45) is 0 Å². The average molecular weight is 261 g/mol. The summed E-state index contributed by atoms with van der Waals surface area (Å²) in [5.41, 5.74) is 2.28. The lowest BCUT2D eigenvalue weighted by Gasteiger charge is -2.37. The summed E-state index contributed by atoms with van der Waals surface area (Å²) in [5.74, 6) is -0.293. The molecular formula is C16H23NO2. The number of likely N-dealkylation sites (N-methyl/N-ethyl adjacent to an activating group) is 1. The highest BCUT2D eigenvalue weighted by Gasteiger charge is 2.34. The molecule has 1 heterocycles. The first-order valence-electron chi connectivity index (χ1n) is 6.98. The van der Waals surface area contributed by atoms with E-state index in [-0.39, 0.29) is 17.9 Å². The highest BCUT2D eigenvalue weighted by atomic mass is 16.5. The summed E-state index contributed by atoms with van der Waals surface area (Å²) in [6.45, 7) is 3.12. The second kappa shape index (κ2) is 6.20. The molecule has 0 radical (unpaired) electrons. The van der Waals surface area contributed by atoms with Crippen molar-refractivity contribution in [1.29, 1.82) is 0 Å². The van der Waals surface area contributed by atoms with Crippen LogP contribution in [0, 0.1) is 6.92 Å². The topological polar surface area (TPSA) is 29.5 Å². The van der Waals surface area contributed by atoms with Crippen LogP contribution in [0.5, 0.6) is 0 Å². The van der Waals surface area contributed by atoms with Gasteiger partial charge in [0.25, 0.3) is 0 Å². The Morgan fingerprint density at radius 1 is 1.32 bits per heavy atom. The van der Waals surface area contributed by atoms with Crippen LogP contribution in [0.4, 0.5) is 0 Å². The third-order valence-electron chi connectivity index (χ3n) is 4.10. The standard InChI is InChI=1S/C16H23NO2/c1-12-7-9-13(10-8-12)15(16(18)19-3)14-6-4-5-11-17(14)2/h7-10,14-15H,4-6,11H2,1-3H3/t14-,15-/m1/s1. The first-order valence-corrected chi connectivity index (χ1v) is 6.98. The number of carbonyl (C=O) groups excluding carboxylic acids is 1. The lowest BCUT2D eigenvalue weighted by Crippen LogP contribution is -2.43. The molecule has 1 saturated heterocycles. The first kappa shape index (κ1) is 14.1. The van der Waals surface area contributed by atoms with Crippen LogP contribution >= 0.6 is 0 Å². The van der Waals surface area contributed by atoms with E-state index in [0.717, 1.165) is 18.5 Å². The van der Waals surface area contributed by atoms with Crippen LogP contribution in [-0.2, 0) is 9.53 Å². The Balaban J connectivity index is 2.29. The highest BCUT2D eigenvalue weighted by Crippen LogP contribution is 2.30. The Kier molecular flexibility index (Phi) is 4.59. The SMILES string of the molecule is COC(=O)[C@H](c1ccc(C)cc1)[C@H]1CCCCN1C. The number of methoxy groups -OCH3 is 1. The van der Waals surface area contributed by atoms with Crippen molar-refractivity contribution in [1.82, 2.24) is 4.90 Å². The maximum Gasteiger partial charge on any atom is 0.314 e. The summed E-state index contributed by atoms with van der Waals surface area (Å²) < 4.78 is 5.03. The molecule has 104 valence electrons. The molecule has 0 spiro atoms. The zero-order chi connectivity index (χ0) is 13.8. The van der Waals surface area contributed by atoms with Crippen LogP contribution in [0.3, 0.4) is 0 Å². The number of benzene rings is 1. The molecule has 1 aliphatic rings. The van der Waals surface area contributed by atoms with Gasteiger partial charge in [0, 0.05) is 6.04 Å². The number of nitrogens with zero attached hydrogens (tertiary/aromatic N) is 1. The number of likely N-dealkylation sites (tertiary alicyclic amines) is 1. The minimum Gasteiger partial charge on any atom is -0.469 e. The van der Waals surface area contributed by atoms with Gasteiger partial charge in [-0.15, -0.1) is 0 Å². The predicted octanol–water partition coefficient (Wildman–Crippen LogP) is 2.74. The fourth-order valence-electron chi connectivity index (χ4n) is 2.94. The molecule has 0 N–H and O–H groups in total. The van der Waals surface area contributed by atoms with Crippen LogP contribution in [0.2, 0.25) is 0 Å². The number of piperidine rings is 1. The summed E-state index contributed by atoms with van der Waals surface area (Å²) in [4.78, 5) is 14.5. The molecule has 0 aliphatic carbocycles. The predicted molar refractivity (Wildman–Crippen MR) is 76.2 cm³/mol. The lowest BCUT2D eigenvalue weighted by atomic mass is 9.85. The van der Waals surface area contributed by atoms with Crippen molar-refractivity contribution < 1.29 is 9.53 Å². The van der Waals surface area contributed by atoms with E-state index in [1.165, 1.54) is 25.5 Å². The Hall–Kier alpha value is -1.35. The minimum atomic E-state index is -0.170. The first-order chi connectivity index (χ1) is 9.13. The van der Waals surface area contributed by atoms with Crippen molar-refractivity contribution in [2.75, 3.05) is 20.7 Å². The molecular weight excluding hydrogens is 238 g/mol. The van der Waals surface area contributed by atoms with Crippen molar-refractivity contribution in [3.63, 3.8) is 0 Å².